The Morgan fingerprint density at radius 1 is 1.07 bits per heavy atom. The molecule has 1 N–H and O–H groups in total. The van der Waals surface area contributed by atoms with E-state index in [1.165, 1.54) is 12.4 Å². The maximum atomic E-state index is 12.2. The van der Waals surface area contributed by atoms with Gasteiger partial charge in [0, 0.05) is 11.2 Å². The van der Waals surface area contributed by atoms with E-state index in [0.717, 1.165) is 0 Å². The van der Waals surface area contributed by atoms with E-state index in [1.54, 1.807) is 37.3 Å². The molecule has 2 aromatic carbocycles. The number of hydrogen-bond acceptors (Lipinski definition) is 6. The molecule has 142 valence electrons. The molecule has 0 saturated carbocycles. The Morgan fingerprint density at radius 3 is 2.57 bits per heavy atom. The third-order valence-electron chi connectivity index (χ3n) is 3.51. The van der Waals surface area contributed by atoms with Crippen LogP contribution in [-0.2, 0) is 9.53 Å². The zero-order chi connectivity index (χ0) is 19.9. The van der Waals surface area contributed by atoms with Crippen molar-refractivity contribution in [2.45, 2.75) is 6.92 Å². The minimum atomic E-state index is -0.741. The third kappa shape index (κ3) is 5.28. The highest BCUT2D eigenvalue weighted by Crippen LogP contribution is 2.31. The molecule has 0 fully saturated rings. The summed E-state index contributed by atoms with van der Waals surface area (Å²) in [6, 6.07) is 13.9. The van der Waals surface area contributed by atoms with Gasteiger partial charge in [0.25, 0.3) is 5.91 Å². The topological polar surface area (TPSA) is 90.4 Å². The number of carbonyl (C=O) groups is 2. The number of ether oxygens (including phenoxy) is 2. The Morgan fingerprint density at radius 2 is 1.86 bits per heavy atom. The van der Waals surface area contributed by atoms with Crippen molar-refractivity contribution in [2.75, 3.05) is 11.9 Å². The number of nitrogens with one attached hydrogen (secondary N) is 1. The molecule has 28 heavy (non-hydrogen) atoms. The van der Waals surface area contributed by atoms with Gasteiger partial charge in [-0.3, -0.25) is 9.78 Å². The minimum Gasteiger partial charge on any atom is -0.455 e. The second kappa shape index (κ2) is 8.96. The monoisotopic (exact) mass is 397 g/mol. The summed E-state index contributed by atoms with van der Waals surface area (Å²) >= 11 is 6.02. The van der Waals surface area contributed by atoms with Crippen molar-refractivity contribution < 1.29 is 19.1 Å². The molecule has 0 saturated heterocycles. The standard InChI is InChI=1S/C20H16ClN3O4/c1-13-10-23-17(11-22-13)20(26)27-12-19(25)24-16-9-14(21)7-8-18(16)28-15-5-3-2-4-6-15/h2-11H,12H2,1H3,(H,24,25). The summed E-state index contributed by atoms with van der Waals surface area (Å²) in [7, 11) is 0. The average Bonchev–Trinajstić information content (AvgIpc) is 2.69. The molecule has 1 heterocycles. The van der Waals surface area contributed by atoms with Crippen LogP contribution in [0.2, 0.25) is 5.02 Å². The highest BCUT2D eigenvalue weighted by Gasteiger charge is 2.14. The molecule has 0 atom stereocenters. The second-order valence-electron chi connectivity index (χ2n) is 5.72. The number of para-hydroxylation sites is 1. The Balaban J connectivity index is 1.64. The lowest BCUT2D eigenvalue weighted by molar-refractivity contribution is -0.119. The fourth-order valence-electron chi connectivity index (χ4n) is 2.19. The van der Waals surface area contributed by atoms with Gasteiger partial charge in [0.05, 0.1) is 17.6 Å². The lowest BCUT2D eigenvalue weighted by Crippen LogP contribution is -2.21. The Bertz CT molecular complexity index is 979. The van der Waals surface area contributed by atoms with Crippen molar-refractivity contribution in [2.24, 2.45) is 0 Å². The van der Waals surface area contributed by atoms with Crippen LogP contribution in [0.3, 0.4) is 0 Å². The fourth-order valence-corrected chi connectivity index (χ4v) is 2.37. The first kappa shape index (κ1) is 19.3. The lowest BCUT2D eigenvalue weighted by atomic mass is 10.2. The van der Waals surface area contributed by atoms with Crippen molar-refractivity contribution in [3.8, 4) is 11.5 Å². The summed E-state index contributed by atoms with van der Waals surface area (Å²) < 4.78 is 10.7. The largest absolute Gasteiger partial charge is 0.455 e. The molecular weight excluding hydrogens is 382 g/mol. The predicted octanol–water partition coefficient (Wildman–Crippen LogP) is 4.03. The van der Waals surface area contributed by atoms with E-state index in [1.807, 2.05) is 18.2 Å². The number of hydrogen-bond donors (Lipinski definition) is 1. The van der Waals surface area contributed by atoms with E-state index >= 15 is 0 Å². The molecule has 8 heteroatoms. The van der Waals surface area contributed by atoms with Crippen molar-refractivity contribution in [1.82, 2.24) is 9.97 Å². The SMILES string of the molecule is Cc1cnc(C(=O)OCC(=O)Nc2cc(Cl)ccc2Oc2ccccc2)cn1. The summed E-state index contributed by atoms with van der Waals surface area (Å²) in [5.74, 6) is -0.285. The zero-order valence-corrected chi connectivity index (χ0v) is 15.6. The molecule has 0 radical (unpaired) electrons. The van der Waals surface area contributed by atoms with Gasteiger partial charge in [-0.25, -0.2) is 9.78 Å². The number of carbonyl (C=O) groups excluding carboxylic acids is 2. The van der Waals surface area contributed by atoms with Gasteiger partial charge >= 0.3 is 5.97 Å². The van der Waals surface area contributed by atoms with Gasteiger partial charge in [0.2, 0.25) is 0 Å². The number of aryl methyl sites for hydroxylation is 1. The van der Waals surface area contributed by atoms with Gasteiger partial charge in [0.15, 0.2) is 18.1 Å². The summed E-state index contributed by atoms with van der Waals surface area (Å²) in [6.45, 7) is 1.25. The van der Waals surface area contributed by atoms with Crippen LogP contribution in [0.5, 0.6) is 11.5 Å². The van der Waals surface area contributed by atoms with E-state index < -0.39 is 18.5 Å². The highest BCUT2D eigenvalue weighted by molar-refractivity contribution is 6.31. The molecule has 0 aliphatic heterocycles. The van der Waals surface area contributed by atoms with Crippen molar-refractivity contribution >= 4 is 29.2 Å². The van der Waals surface area contributed by atoms with E-state index in [9.17, 15) is 9.59 Å². The fraction of sp³-hybridized carbons (Fsp3) is 0.100. The van der Waals surface area contributed by atoms with E-state index in [2.05, 4.69) is 15.3 Å². The van der Waals surface area contributed by atoms with Crippen LogP contribution >= 0.6 is 11.6 Å². The van der Waals surface area contributed by atoms with Crippen LogP contribution in [-0.4, -0.2) is 28.5 Å². The number of benzene rings is 2. The number of esters is 1. The predicted molar refractivity (Wildman–Crippen MR) is 104 cm³/mol. The van der Waals surface area contributed by atoms with Crippen LogP contribution in [0, 0.1) is 6.92 Å². The van der Waals surface area contributed by atoms with Crippen molar-refractivity contribution in [3.63, 3.8) is 0 Å². The molecule has 0 spiro atoms. The first-order valence-corrected chi connectivity index (χ1v) is 8.67. The van der Waals surface area contributed by atoms with Crippen LogP contribution in [0.4, 0.5) is 5.69 Å². The molecule has 3 aromatic rings. The maximum Gasteiger partial charge on any atom is 0.359 e. The van der Waals surface area contributed by atoms with E-state index in [4.69, 9.17) is 21.1 Å². The van der Waals surface area contributed by atoms with Gasteiger partial charge in [0.1, 0.15) is 5.75 Å². The number of nitrogens with zero attached hydrogens (tertiary/aromatic N) is 2. The molecule has 0 unspecified atom stereocenters. The van der Waals surface area contributed by atoms with E-state index in [0.29, 0.717) is 27.9 Å². The van der Waals surface area contributed by atoms with Gasteiger partial charge in [-0.15, -0.1) is 0 Å². The number of anilines is 1. The van der Waals surface area contributed by atoms with Crippen LogP contribution in [0.25, 0.3) is 0 Å². The maximum absolute atomic E-state index is 12.2. The van der Waals surface area contributed by atoms with Crippen LogP contribution in [0.15, 0.2) is 60.9 Å². The Hall–Kier alpha value is -3.45. The number of rotatable bonds is 6. The Kier molecular flexibility index (Phi) is 6.18. The van der Waals surface area contributed by atoms with Crippen LogP contribution < -0.4 is 10.1 Å². The normalized spacial score (nSPS) is 10.2. The zero-order valence-electron chi connectivity index (χ0n) is 14.9. The molecule has 0 aliphatic rings. The van der Waals surface area contributed by atoms with Crippen molar-refractivity contribution in [1.29, 1.82) is 0 Å². The van der Waals surface area contributed by atoms with Gasteiger partial charge in [-0.05, 0) is 37.3 Å². The highest BCUT2D eigenvalue weighted by atomic mass is 35.5. The molecule has 3 rings (SSSR count). The first-order valence-electron chi connectivity index (χ1n) is 8.29. The minimum absolute atomic E-state index is 0.0225. The molecule has 1 aromatic heterocycles. The van der Waals surface area contributed by atoms with Crippen LogP contribution in [0.1, 0.15) is 16.2 Å². The lowest BCUT2D eigenvalue weighted by Gasteiger charge is -2.13. The molecule has 7 nitrogen and oxygen atoms in total. The number of amides is 1. The molecular formula is C20H16ClN3O4. The average molecular weight is 398 g/mol. The molecule has 0 aliphatic carbocycles. The number of halogens is 1. The summed E-state index contributed by atoms with van der Waals surface area (Å²) in [4.78, 5) is 32.0. The quantitative estimate of drug-likeness (QED) is 0.631. The summed E-state index contributed by atoms with van der Waals surface area (Å²) in [6.07, 6.45) is 2.73. The summed E-state index contributed by atoms with van der Waals surface area (Å²) in [5, 5.41) is 3.05. The molecule has 1 amide bonds. The van der Waals surface area contributed by atoms with Gasteiger partial charge in [-0.2, -0.15) is 0 Å². The van der Waals surface area contributed by atoms with Crippen molar-refractivity contribution in [3.05, 3.63) is 77.3 Å². The van der Waals surface area contributed by atoms with E-state index in [-0.39, 0.29) is 5.69 Å². The summed E-state index contributed by atoms with van der Waals surface area (Å²) in [5.41, 5.74) is 1.04. The second-order valence-corrected chi connectivity index (χ2v) is 6.16. The Labute approximate surface area is 166 Å². The smallest absolute Gasteiger partial charge is 0.359 e. The van der Waals surface area contributed by atoms with Gasteiger partial charge in [-0.1, -0.05) is 29.8 Å². The third-order valence-corrected chi connectivity index (χ3v) is 3.75. The first-order chi connectivity index (χ1) is 13.5. The number of aromatic nitrogens is 2. The molecule has 0 bridgehead atoms. The van der Waals surface area contributed by atoms with Gasteiger partial charge < -0.3 is 14.8 Å².